The van der Waals surface area contributed by atoms with Gasteiger partial charge in [0, 0.05) is 5.56 Å². The van der Waals surface area contributed by atoms with Gasteiger partial charge in [0.2, 0.25) is 0 Å². The van der Waals surface area contributed by atoms with Gasteiger partial charge in [0.25, 0.3) is 5.56 Å². The lowest BCUT2D eigenvalue weighted by Gasteiger charge is -2.12. The molecule has 4 aromatic rings. The Hall–Kier alpha value is -3.18. The molecule has 0 spiro atoms. The van der Waals surface area contributed by atoms with Crippen LogP contribution in [0.5, 0.6) is 5.75 Å². The number of ether oxygens (including phenoxy) is 1. The van der Waals surface area contributed by atoms with Gasteiger partial charge in [-0.3, -0.25) is 9.36 Å². The molecule has 0 N–H and O–H groups in total. The standard InChI is InChI=1S/C22H18N2O2S/c1-15-7-3-5-9-18(15)24-20(23-17-13-14-27-21(17)22(24)25)12-11-16-8-4-6-10-19(16)26-2/h3-14H,1-2H3/b12-11+. The molecule has 0 fully saturated rings. The minimum absolute atomic E-state index is 0.0519. The summed E-state index contributed by atoms with van der Waals surface area (Å²) >= 11 is 1.42. The molecule has 2 heterocycles. The van der Waals surface area contributed by atoms with Crippen molar-refractivity contribution in [3.63, 3.8) is 0 Å². The third-order valence-electron chi connectivity index (χ3n) is 4.41. The second kappa shape index (κ2) is 7.21. The fourth-order valence-corrected chi connectivity index (χ4v) is 3.82. The number of benzene rings is 2. The zero-order chi connectivity index (χ0) is 18.8. The first-order chi connectivity index (χ1) is 13.2. The second-order valence-corrected chi connectivity index (χ2v) is 7.02. The third-order valence-corrected chi connectivity index (χ3v) is 5.30. The summed E-state index contributed by atoms with van der Waals surface area (Å²) in [6.07, 6.45) is 3.79. The van der Waals surface area contributed by atoms with E-state index in [0.29, 0.717) is 10.5 Å². The number of thiophene rings is 1. The molecule has 0 unspecified atom stereocenters. The van der Waals surface area contributed by atoms with Gasteiger partial charge in [-0.2, -0.15) is 0 Å². The zero-order valence-electron chi connectivity index (χ0n) is 15.0. The quantitative estimate of drug-likeness (QED) is 0.508. The van der Waals surface area contributed by atoms with Crippen molar-refractivity contribution in [3.05, 3.63) is 87.3 Å². The topological polar surface area (TPSA) is 44.1 Å². The van der Waals surface area contributed by atoms with E-state index in [9.17, 15) is 4.79 Å². The summed E-state index contributed by atoms with van der Waals surface area (Å²) in [6.45, 7) is 1.99. The Balaban J connectivity index is 1.94. The SMILES string of the molecule is COc1ccccc1/C=C/c1nc2ccsc2c(=O)n1-c1ccccc1C. The largest absolute Gasteiger partial charge is 0.496 e. The summed E-state index contributed by atoms with van der Waals surface area (Å²) in [5.41, 5.74) is 3.45. The minimum Gasteiger partial charge on any atom is -0.496 e. The van der Waals surface area contributed by atoms with E-state index in [1.807, 2.05) is 79.1 Å². The van der Waals surface area contributed by atoms with E-state index in [1.165, 1.54) is 11.3 Å². The van der Waals surface area contributed by atoms with Crippen LogP contribution in [-0.2, 0) is 0 Å². The summed E-state index contributed by atoms with van der Waals surface area (Å²) < 4.78 is 7.75. The van der Waals surface area contributed by atoms with Gasteiger partial charge in [-0.05, 0) is 48.2 Å². The van der Waals surface area contributed by atoms with E-state index in [-0.39, 0.29) is 5.56 Å². The van der Waals surface area contributed by atoms with Gasteiger partial charge in [-0.1, -0.05) is 36.4 Å². The van der Waals surface area contributed by atoms with Crippen LogP contribution < -0.4 is 10.3 Å². The van der Waals surface area contributed by atoms with E-state index >= 15 is 0 Å². The van der Waals surface area contributed by atoms with E-state index < -0.39 is 0 Å². The highest BCUT2D eigenvalue weighted by Crippen LogP contribution is 2.23. The molecule has 0 atom stereocenters. The Bertz CT molecular complexity index is 1200. The summed E-state index contributed by atoms with van der Waals surface area (Å²) in [6, 6.07) is 17.5. The lowest BCUT2D eigenvalue weighted by Crippen LogP contribution is -2.22. The van der Waals surface area contributed by atoms with Crippen molar-refractivity contribution in [3.8, 4) is 11.4 Å². The van der Waals surface area contributed by atoms with Gasteiger partial charge in [0.15, 0.2) is 0 Å². The normalized spacial score (nSPS) is 11.3. The van der Waals surface area contributed by atoms with Crippen molar-refractivity contribution in [1.29, 1.82) is 0 Å². The molecule has 2 aromatic carbocycles. The fraction of sp³-hybridized carbons (Fsp3) is 0.0909. The lowest BCUT2D eigenvalue weighted by atomic mass is 10.1. The van der Waals surface area contributed by atoms with Crippen LogP contribution in [-0.4, -0.2) is 16.7 Å². The average molecular weight is 374 g/mol. The molecule has 0 aliphatic carbocycles. The number of para-hydroxylation sites is 2. The number of aryl methyl sites for hydroxylation is 1. The Morgan fingerprint density at radius 2 is 1.81 bits per heavy atom. The monoisotopic (exact) mass is 374 g/mol. The highest BCUT2D eigenvalue weighted by atomic mass is 32.1. The van der Waals surface area contributed by atoms with Gasteiger partial charge in [0.05, 0.1) is 18.3 Å². The number of fused-ring (bicyclic) bond motifs is 1. The second-order valence-electron chi connectivity index (χ2n) is 6.11. The molecular weight excluding hydrogens is 356 g/mol. The number of hydrogen-bond donors (Lipinski definition) is 0. The Labute approximate surface area is 161 Å². The van der Waals surface area contributed by atoms with Crippen LogP contribution in [0.2, 0.25) is 0 Å². The molecule has 0 aliphatic rings. The molecule has 5 heteroatoms. The first-order valence-electron chi connectivity index (χ1n) is 8.56. The molecule has 0 radical (unpaired) electrons. The maximum atomic E-state index is 13.2. The van der Waals surface area contributed by atoms with E-state index in [2.05, 4.69) is 0 Å². The molecule has 4 nitrogen and oxygen atoms in total. The first kappa shape index (κ1) is 17.2. The summed E-state index contributed by atoms with van der Waals surface area (Å²) in [4.78, 5) is 17.9. The third kappa shape index (κ3) is 3.17. The van der Waals surface area contributed by atoms with Crippen LogP contribution in [0, 0.1) is 6.92 Å². The fourth-order valence-electron chi connectivity index (χ4n) is 3.06. The average Bonchev–Trinajstić information content (AvgIpc) is 3.16. The van der Waals surface area contributed by atoms with Gasteiger partial charge in [-0.25, -0.2) is 4.98 Å². The van der Waals surface area contributed by atoms with E-state index in [0.717, 1.165) is 28.1 Å². The van der Waals surface area contributed by atoms with Crippen LogP contribution in [0.1, 0.15) is 17.0 Å². The maximum absolute atomic E-state index is 13.2. The van der Waals surface area contributed by atoms with Crippen molar-refractivity contribution >= 4 is 33.7 Å². The number of nitrogens with zero attached hydrogens (tertiary/aromatic N) is 2. The van der Waals surface area contributed by atoms with E-state index in [4.69, 9.17) is 9.72 Å². The van der Waals surface area contributed by atoms with Crippen molar-refractivity contribution in [2.75, 3.05) is 7.11 Å². The Kier molecular flexibility index (Phi) is 4.60. The molecule has 0 saturated heterocycles. The molecule has 0 amide bonds. The number of hydrogen-bond acceptors (Lipinski definition) is 4. The van der Waals surface area contributed by atoms with Crippen LogP contribution >= 0.6 is 11.3 Å². The van der Waals surface area contributed by atoms with Gasteiger partial charge >= 0.3 is 0 Å². The van der Waals surface area contributed by atoms with Crippen LogP contribution in [0.15, 0.2) is 64.8 Å². The molecule has 0 aliphatic heterocycles. The molecule has 2 aromatic heterocycles. The molecule has 134 valence electrons. The van der Waals surface area contributed by atoms with Crippen molar-refractivity contribution in [2.45, 2.75) is 6.92 Å². The molecule has 0 saturated carbocycles. The first-order valence-corrected chi connectivity index (χ1v) is 9.44. The zero-order valence-corrected chi connectivity index (χ0v) is 15.9. The number of aromatic nitrogens is 2. The van der Waals surface area contributed by atoms with Crippen LogP contribution in [0.3, 0.4) is 0 Å². The number of rotatable bonds is 4. The van der Waals surface area contributed by atoms with Crippen molar-refractivity contribution in [1.82, 2.24) is 9.55 Å². The minimum atomic E-state index is -0.0519. The predicted octanol–water partition coefficient (Wildman–Crippen LogP) is 4.93. The summed E-state index contributed by atoms with van der Waals surface area (Å²) in [5, 5.41) is 1.90. The molecule has 0 bridgehead atoms. The summed E-state index contributed by atoms with van der Waals surface area (Å²) in [5.74, 6) is 1.36. The molecular formula is C22H18N2O2S. The van der Waals surface area contributed by atoms with Crippen molar-refractivity contribution < 1.29 is 4.74 Å². The smallest absolute Gasteiger partial charge is 0.276 e. The highest BCUT2D eigenvalue weighted by Gasteiger charge is 2.13. The Morgan fingerprint density at radius 3 is 2.63 bits per heavy atom. The van der Waals surface area contributed by atoms with Crippen LogP contribution in [0.4, 0.5) is 0 Å². The van der Waals surface area contributed by atoms with Gasteiger partial charge in [-0.15, -0.1) is 11.3 Å². The molecule has 4 rings (SSSR count). The Morgan fingerprint density at radius 1 is 1.04 bits per heavy atom. The maximum Gasteiger partial charge on any atom is 0.276 e. The summed E-state index contributed by atoms with van der Waals surface area (Å²) in [7, 11) is 1.64. The van der Waals surface area contributed by atoms with Crippen molar-refractivity contribution in [2.24, 2.45) is 0 Å². The van der Waals surface area contributed by atoms with Crippen LogP contribution in [0.25, 0.3) is 28.1 Å². The van der Waals surface area contributed by atoms with E-state index in [1.54, 1.807) is 11.7 Å². The number of methoxy groups -OCH3 is 1. The molecule has 27 heavy (non-hydrogen) atoms. The highest BCUT2D eigenvalue weighted by molar-refractivity contribution is 7.17. The predicted molar refractivity (Wildman–Crippen MR) is 112 cm³/mol. The van der Waals surface area contributed by atoms with Gasteiger partial charge in [0.1, 0.15) is 16.3 Å². The van der Waals surface area contributed by atoms with Gasteiger partial charge < -0.3 is 4.74 Å². The lowest BCUT2D eigenvalue weighted by molar-refractivity contribution is 0.414.